The van der Waals surface area contributed by atoms with Crippen molar-refractivity contribution in [2.75, 3.05) is 0 Å². The van der Waals surface area contributed by atoms with Crippen molar-refractivity contribution in [3.8, 4) is 0 Å². The molecule has 0 bridgehead atoms. The molecule has 0 atom stereocenters. The van der Waals surface area contributed by atoms with Crippen LogP contribution in [-0.4, -0.2) is 11.4 Å². The molecule has 3 N–H and O–H groups in total. The van der Waals surface area contributed by atoms with Crippen molar-refractivity contribution in [2.45, 2.75) is 25.9 Å². The summed E-state index contributed by atoms with van der Waals surface area (Å²) >= 11 is 3.35. The SMILES string of the molecule is CC(C)(N)C(=O)NCc1ccc(Br)cc1. The molecule has 0 heterocycles. The number of hydrogen-bond acceptors (Lipinski definition) is 2. The molecule has 3 nitrogen and oxygen atoms in total. The number of carbonyl (C=O) groups is 1. The largest absolute Gasteiger partial charge is 0.350 e. The number of halogens is 1. The van der Waals surface area contributed by atoms with Gasteiger partial charge in [-0.05, 0) is 31.5 Å². The van der Waals surface area contributed by atoms with Crippen molar-refractivity contribution in [3.63, 3.8) is 0 Å². The third-order valence-corrected chi connectivity index (χ3v) is 2.48. The highest BCUT2D eigenvalue weighted by molar-refractivity contribution is 9.10. The van der Waals surface area contributed by atoms with E-state index in [1.165, 1.54) is 0 Å². The number of hydrogen-bond donors (Lipinski definition) is 2. The molecule has 0 aliphatic heterocycles. The van der Waals surface area contributed by atoms with Gasteiger partial charge in [-0.1, -0.05) is 28.1 Å². The molecule has 0 aliphatic rings. The van der Waals surface area contributed by atoms with Gasteiger partial charge in [-0.3, -0.25) is 4.79 Å². The lowest BCUT2D eigenvalue weighted by atomic mass is 10.1. The third-order valence-electron chi connectivity index (χ3n) is 1.95. The molecule has 1 aromatic carbocycles. The molecule has 1 rings (SSSR count). The van der Waals surface area contributed by atoms with Gasteiger partial charge in [0, 0.05) is 11.0 Å². The van der Waals surface area contributed by atoms with Crippen molar-refractivity contribution >= 4 is 21.8 Å². The normalized spacial score (nSPS) is 11.2. The molecule has 0 aliphatic carbocycles. The van der Waals surface area contributed by atoms with Crippen LogP contribution in [0.4, 0.5) is 0 Å². The smallest absolute Gasteiger partial charge is 0.239 e. The third kappa shape index (κ3) is 4.01. The van der Waals surface area contributed by atoms with E-state index in [0.29, 0.717) is 6.54 Å². The lowest BCUT2D eigenvalue weighted by Crippen LogP contribution is -2.48. The summed E-state index contributed by atoms with van der Waals surface area (Å²) in [6.45, 7) is 3.88. The van der Waals surface area contributed by atoms with E-state index in [1.807, 2.05) is 24.3 Å². The van der Waals surface area contributed by atoms with Gasteiger partial charge in [0.25, 0.3) is 0 Å². The molecule has 1 aromatic rings. The van der Waals surface area contributed by atoms with E-state index in [1.54, 1.807) is 13.8 Å². The average Bonchev–Trinajstić information content (AvgIpc) is 2.15. The Balaban J connectivity index is 2.51. The Morgan fingerprint density at radius 2 is 1.93 bits per heavy atom. The molecule has 15 heavy (non-hydrogen) atoms. The number of rotatable bonds is 3. The zero-order chi connectivity index (χ0) is 11.5. The average molecular weight is 271 g/mol. The first-order valence-electron chi connectivity index (χ1n) is 4.71. The highest BCUT2D eigenvalue weighted by Gasteiger charge is 2.20. The summed E-state index contributed by atoms with van der Waals surface area (Å²) in [5.41, 5.74) is 5.88. The molecule has 82 valence electrons. The fourth-order valence-electron chi connectivity index (χ4n) is 1.01. The summed E-state index contributed by atoms with van der Waals surface area (Å²) < 4.78 is 1.02. The van der Waals surface area contributed by atoms with Crippen LogP contribution in [0.1, 0.15) is 19.4 Å². The Bertz CT molecular complexity index is 341. The fourth-order valence-corrected chi connectivity index (χ4v) is 1.28. The minimum Gasteiger partial charge on any atom is -0.350 e. The summed E-state index contributed by atoms with van der Waals surface area (Å²) in [4.78, 5) is 11.5. The van der Waals surface area contributed by atoms with Crippen molar-refractivity contribution in [2.24, 2.45) is 5.73 Å². The molecule has 4 heteroatoms. The fraction of sp³-hybridized carbons (Fsp3) is 0.364. The van der Waals surface area contributed by atoms with Gasteiger partial charge in [0.05, 0.1) is 5.54 Å². The van der Waals surface area contributed by atoms with Gasteiger partial charge in [-0.25, -0.2) is 0 Å². The van der Waals surface area contributed by atoms with Crippen LogP contribution < -0.4 is 11.1 Å². The minimum atomic E-state index is -0.824. The van der Waals surface area contributed by atoms with Crippen LogP contribution in [-0.2, 0) is 11.3 Å². The van der Waals surface area contributed by atoms with Crippen LogP contribution in [0.25, 0.3) is 0 Å². The van der Waals surface area contributed by atoms with Crippen molar-refractivity contribution in [3.05, 3.63) is 34.3 Å². The van der Waals surface area contributed by atoms with Gasteiger partial charge in [0.15, 0.2) is 0 Å². The second kappa shape index (κ2) is 4.77. The van der Waals surface area contributed by atoms with Gasteiger partial charge < -0.3 is 11.1 Å². The maximum absolute atomic E-state index is 11.5. The molecule has 0 saturated heterocycles. The monoisotopic (exact) mass is 270 g/mol. The van der Waals surface area contributed by atoms with Gasteiger partial charge in [0.1, 0.15) is 0 Å². The van der Waals surface area contributed by atoms with Crippen LogP contribution in [0.2, 0.25) is 0 Å². The van der Waals surface area contributed by atoms with Crippen LogP contribution in [0.5, 0.6) is 0 Å². The molecule has 0 radical (unpaired) electrons. The van der Waals surface area contributed by atoms with Crippen LogP contribution in [0.15, 0.2) is 28.7 Å². The Hall–Kier alpha value is -0.870. The number of benzene rings is 1. The zero-order valence-corrected chi connectivity index (χ0v) is 10.5. The van der Waals surface area contributed by atoms with Gasteiger partial charge in [-0.15, -0.1) is 0 Å². The van der Waals surface area contributed by atoms with Gasteiger partial charge >= 0.3 is 0 Å². The highest BCUT2D eigenvalue weighted by atomic mass is 79.9. The summed E-state index contributed by atoms with van der Waals surface area (Å²) in [5, 5.41) is 2.78. The Morgan fingerprint density at radius 1 is 1.40 bits per heavy atom. The van der Waals surface area contributed by atoms with Crippen LogP contribution in [0, 0.1) is 0 Å². The maximum Gasteiger partial charge on any atom is 0.239 e. The Labute approximate surface area is 98.2 Å². The summed E-state index contributed by atoms with van der Waals surface area (Å²) in [7, 11) is 0. The number of amides is 1. The second-order valence-corrected chi connectivity index (χ2v) is 4.95. The first kappa shape index (κ1) is 12.2. The van der Waals surface area contributed by atoms with Crippen LogP contribution >= 0.6 is 15.9 Å². The molecular formula is C11H15BrN2O. The summed E-state index contributed by atoms with van der Waals surface area (Å²) in [6, 6.07) is 7.78. The summed E-state index contributed by atoms with van der Waals surface area (Å²) in [5.74, 6) is -0.148. The van der Waals surface area contributed by atoms with E-state index < -0.39 is 5.54 Å². The van der Waals surface area contributed by atoms with Crippen molar-refractivity contribution in [1.82, 2.24) is 5.32 Å². The molecule has 0 fully saturated rings. The number of carbonyl (C=O) groups excluding carboxylic acids is 1. The number of nitrogens with one attached hydrogen (secondary N) is 1. The highest BCUT2D eigenvalue weighted by Crippen LogP contribution is 2.10. The minimum absolute atomic E-state index is 0.148. The lowest BCUT2D eigenvalue weighted by molar-refractivity contribution is -0.125. The molecule has 0 aromatic heterocycles. The predicted molar refractivity (Wildman–Crippen MR) is 64.3 cm³/mol. The van der Waals surface area contributed by atoms with Gasteiger partial charge in [-0.2, -0.15) is 0 Å². The van der Waals surface area contributed by atoms with E-state index in [-0.39, 0.29) is 5.91 Å². The second-order valence-electron chi connectivity index (χ2n) is 4.03. The van der Waals surface area contributed by atoms with E-state index in [0.717, 1.165) is 10.0 Å². The van der Waals surface area contributed by atoms with E-state index in [9.17, 15) is 4.79 Å². The molecule has 1 amide bonds. The summed E-state index contributed by atoms with van der Waals surface area (Å²) in [6.07, 6.45) is 0. The predicted octanol–water partition coefficient (Wildman–Crippen LogP) is 1.80. The quantitative estimate of drug-likeness (QED) is 0.880. The van der Waals surface area contributed by atoms with Crippen molar-refractivity contribution < 1.29 is 4.79 Å². The van der Waals surface area contributed by atoms with E-state index in [4.69, 9.17) is 5.73 Å². The van der Waals surface area contributed by atoms with E-state index >= 15 is 0 Å². The Morgan fingerprint density at radius 3 is 2.40 bits per heavy atom. The van der Waals surface area contributed by atoms with Crippen molar-refractivity contribution in [1.29, 1.82) is 0 Å². The van der Waals surface area contributed by atoms with E-state index in [2.05, 4.69) is 21.2 Å². The molecule has 0 spiro atoms. The molecule has 0 saturated carbocycles. The topological polar surface area (TPSA) is 55.1 Å². The zero-order valence-electron chi connectivity index (χ0n) is 8.88. The van der Waals surface area contributed by atoms with Crippen LogP contribution in [0.3, 0.4) is 0 Å². The van der Waals surface area contributed by atoms with Gasteiger partial charge in [0.2, 0.25) is 5.91 Å². The lowest BCUT2D eigenvalue weighted by Gasteiger charge is -2.17. The Kier molecular flexibility index (Phi) is 3.88. The number of nitrogens with two attached hydrogens (primary N) is 1. The first-order valence-corrected chi connectivity index (χ1v) is 5.50. The molecular weight excluding hydrogens is 256 g/mol. The molecule has 0 unspecified atom stereocenters. The standard InChI is InChI=1S/C11H15BrN2O/c1-11(2,13)10(15)14-7-8-3-5-9(12)6-4-8/h3-6H,7,13H2,1-2H3,(H,14,15). The maximum atomic E-state index is 11.5. The first-order chi connectivity index (χ1) is 6.89.